The van der Waals surface area contributed by atoms with Crippen LogP contribution in [0.2, 0.25) is 0 Å². The Bertz CT molecular complexity index is 1500. The summed E-state index contributed by atoms with van der Waals surface area (Å²) in [6.07, 6.45) is 77.1. The van der Waals surface area contributed by atoms with Crippen LogP contribution in [0.5, 0.6) is 0 Å². The molecule has 0 aliphatic rings. The van der Waals surface area contributed by atoms with E-state index in [4.69, 9.17) is 14.2 Å². The van der Waals surface area contributed by atoms with Crippen LogP contribution in [0.3, 0.4) is 0 Å². The first kappa shape index (κ1) is 63.5. The second-order valence-corrected chi connectivity index (χ2v) is 17.5. The molecule has 0 fully saturated rings. The Labute approximate surface area is 417 Å². The molecule has 1 atom stereocenters. The predicted octanol–water partition coefficient (Wildman–Crippen LogP) is 18.3. The minimum Gasteiger partial charge on any atom is -0.462 e. The van der Waals surface area contributed by atoms with Gasteiger partial charge in [-0.2, -0.15) is 0 Å². The highest BCUT2D eigenvalue weighted by Crippen LogP contribution is 2.13. The molecule has 0 radical (unpaired) electrons. The van der Waals surface area contributed by atoms with Gasteiger partial charge in [-0.05, 0) is 103 Å². The number of hydrogen-bond acceptors (Lipinski definition) is 6. The van der Waals surface area contributed by atoms with Crippen LogP contribution in [0.1, 0.15) is 220 Å². The molecule has 6 heteroatoms. The average Bonchev–Trinajstić information content (AvgIpc) is 3.34. The minimum absolute atomic E-state index is 0.107. The molecule has 0 aromatic carbocycles. The molecule has 382 valence electrons. The number of carbonyl (C=O) groups excluding carboxylic acids is 3. The predicted molar refractivity (Wildman–Crippen MR) is 292 cm³/mol. The van der Waals surface area contributed by atoms with E-state index in [-0.39, 0.29) is 37.5 Å². The van der Waals surface area contributed by atoms with Gasteiger partial charge < -0.3 is 14.2 Å². The molecule has 0 bridgehead atoms. The van der Waals surface area contributed by atoms with Crippen molar-refractivity contribution in [2.75, 3.05) is 13.2 Å². The lowest BCUT2D eigenvalue weighted by atomic mass is 10.1. The molecular formula is C62H98O6. The summed E-state index contributed by atoms with van der Waals surface area (Å²) in [6.45, 7) is 6.29. The first-order chi connectivity index (χ1) is 33.5. The summed E-state index contributed by atoms with van der Waals surface area (Å²) in [4.78, 5) is 38.1. The highest BCUT2D eigenvalue weighted by Gasteiger charge is 2.19. The van der Waals surface area contributed by atoms with Crippen LogP contribution in [0.4, 0.5) is 0 Å². The normalized spacial score (nSPS) is 13.2. The molecule has 0 saturated heterocycles. The van der Waals surface area contributed by atoms with Crippen molar-refractivity contribution in [2.24, 2.45) is 0 Å². The lowest BCUT2D eigenvalue weighted by Crippen LogP contribution is -2.30. The van der Waals surface area contributed by atoms with E-state index >= 15 is 0 Å². The Hall–Kier alpha value is -4.45. The van der Waals surface area contributed by atoms with Crippen molar-refractivity contribution in [2.45, 2.75) is 226 Å². The molecule has 0 rings (SSSR count). The van der Waals surface area contributed by atoms with Crippen LogP contribution in [0, 0.1) is 0 Å². The zero-order chi connectivity index (χ0) is 49.3. The Kier molecular flexibility index (Phi) is 51.5. The third-order valence-electron chi connectivity index (χ3n) is 11.0. The van der Waals surface area contributed by atoms with Crippen LogP contribution < -0.4 is 0 Å². The van der Waals surface area contributed by atoms with E-state index in [0.717, 1.165) is 148 Å². The average molecular weight is 939 g/mol. The Balaban J connectivity index is 4.51. The summed E-state index contributed by atoms with van der Waals surface area (Å²) in [7, 11) is 0. The molecule has 0 aromatic rings. The minimum atomic E-state index is -0.811. The monoisotopic (exact) mass is 939 g/mol. The summed E-state index contributed by atoms with van der Waals surface area (Å²) in [5.74, 6) is -0.971. The second-order valence-electron chi connectivity index (χ2n) is 17.5. The molecule has 1 unspecified atom stereocenters. The summed E-state index contributed by atoms with van der Waals surface area (Å²) >= 11 is 0. The van der Waals surface area contributed by atoms with Gasteiger partial charge in [0.1, 0.15) is 13.2 Å². The van der Waals surface area contributed by atoms with E-state index in [1.54, 1.807) is 0 Å². The molecule has 0 aliphatic carbocycles. The molecule has 0 amide bonds. The third-order valence-corrected chi connectivity index (χ3v) is 11.0. The number of esters is 3. The van der Waals surface area contributed by atoms with Crippen molar-refractivity contribution in [1.29, 1.82) is 0 Å². The van der Waals surface area contributed by atoms with Crippen molar-refractivity contribution < 1.29 is 28.6 Å². The number of carbonyl (C=O) groups is 3. The summed E-state index contributed by atoms with van der Waals surface area (Å²) in [6, 6.07) is 0. The summed E-state index contributed by atoms with van der Waals surface area (Å²) in [5.41, 5.74) is 0. The van der Waals surface area contributed by atoms with Crippen LogP contribution in [-0.2, 0) is 28.6 Å². The fourth-order valence-corrected chi connectivity index (χ4v) is 6.97. The van der Waals surface area contributed by atoms with Gasteiger partial charge in [0.25, 0.3) is 0 Å². The fraction of sp³-hybridized carbons (Fsp3) is 0.597. The van der Waals surface area contributed by atoms with Gasteiger partial charge in [0.2, 0.25) is 0 Å². The number of hydrogen-bond donors (Lipinski definition) is 0. The smallest absolute Gasteiger partial charge is 0.306 e. The van der Waals surface area contributed by atoms with Gasteiger partial charge in [-0.25, -0.2) is 0 Å². The van der Waals surface area contributed by atoms with Crippen molar-refractivity contribution >= 4 is 17.9 Å². The zero-order valence-corrected chi connectivity index (χ0v) is 43.6. The van der Waals surface area contributed by atoms with Gasteiger partial charge in [0, 0.05) is 19.3 Å². The number of unbranched alkanes of at least 4 members (excludes halogenated alkanes) is 19. The molecule has 0 heterocycles. The van der Waals surface area contributed by atoms with Gasteiger partial charge in [0.05, 0.1) is 0 Å². The molecule has 6 nitrogen and oxygen atoms in total. The Morgan fingerprint density at radius 1 is 0.324 bits per heavy atom. The highest BCUT2D eigenvalue weighted by atomic mass is 16.6. The van der Waals surface area contributed by atoms with E-state index in [0.29, 0.717) is 12.8 Å². The molecule has 0 N–H and O–H groups in total. The maximum absolute atomic E-state index is 12.8. The Morgan fingerprint density at radius 2 is 0.647 bits per heavy atom. The van der Waals surface area contributed by atoms with Crippen molar-refractivity contribution in [3.8, 4) is 0 Å². The lowest BCUT2D eigenvalue weighted by molar-refractivity contribution is -0.167. The van der Waals surface area contributed by atoms with Crippen molar-refractivity contribution in [3.63, 3.8) is 0 Å². The highest BCUT2D eigenvalue weighted by molar-refractivity contribution is 5.71. The van der Waals surface area contributed by atoms with Gasteiger partial charge in [-0.1, -0.05) is 231 Å². The van der Waals surface area contributed by atoms with E-state index in [2.05, 4.69) is 154 Å². The topological polar surface area (TPSA) is 78.9 Å². The lowest BCUT2D eigenvalue weighted by Gasteiger charge is -2.18. The zero-order valence-electron chi connectivity index (χ0n) is 43.6. The Morgan fingerprint density at radius 3 is 1.07 bits per heavy atom. The molecule has 68 heavy (non-hydrogen) atoms. The largest absolute Gasteiger partial charge is 0.462 e. The van der Waals surface area contributed by atoms with Crippen LogP contribution in [0.15, 0.2) is 134 Å². The van der Waals surface area contributed by atoms with Crippen LogP contribution in [-0.4, -0.2) is 37.2 Å². The number of ether oxygens (including phenoxy) is 3. The van der Waals surface area contributed by atoms with Crippen LogP contribution in [0.25, 0.3) is 0 Å². The first-order valence-electron chi connectivity index (χ1n) is 27.3. The standard InChI is InChI=1S/C62H98O6/c1-4-7-10-13-16-19-22-25-27-29-31-33-34-37-40-43-46-49-52-55-61(64)67-58-59(57-66-60(63)54-51-48-45-42-39-36-24-21-18-15-12-9-6-3)68-62(65)56-53-50-47-44-41-38-35-32-30-28-26-23-20-17-14-11-8-5-2/h7,9-10,12,15-21,23-28,30-33,35,59H,4-6,8,11,13-14,22,29,34,36-58H2,1-3H3/b10-7+,12-9+,18-15+,19-16+,20-17+,24-21+,26-23+,27-25+,30-28+,33-31+,35-32+. The van der Waals surface area contributed by atoms with Gasteiger partial charge in [0.15, 0.2) is 6.10 Å². The van der Waals surface area contributed by atoms with Crippen molar-refractivity contribution in [1.82, 2.24) is 0 Å². The van der Waals surface area contributed by atoms with Gasteiger partial charge in [-0.3, -0.25) is 14.4 Å². The molecule has 0 spiro atoms. The summed E-state index contributed by atoms with van der Waals surface area (Å²) in [5, 5.41) is 0. The SMILES string of the molecule is CC/C=C/C=C/C=C/CCCCCCCC(=O)OCC(COC(=O)CCCCCCCC/C=C/C/C=C/C/C=C/C/C=C/CC)OC(=O)CCCCCCC/C=C/C=C/C=C/C=C/CCCCC. The van der Waals surface area contributed by atoms with Crippen molar-refractivity contribution in [3.05, 3.63) is 134 Å². The quantitative estimate of drug-likeness (QED) is 0.0199. The summed E-state index contributed by atoms with van der Waals surface area (Å²) < 4.78 is 16.8. The van der Waals surface area contributed by atoms with Crippen LogP contribution >= 0.6 is 0 Å². The van der Waals surface area contributed by atoms with Gasteiger partial charge in [-0.15, -0.1) is 0 Å². The molecule has 0 aromatic heterocycles. The van der Waals surface area contributed by atoms with E-state index in [9.17, 15) is 14.4 Å². The third kappa shape index (κ3) is 52.5. The number of allylic oxidation sites excluding steroid dienone is 22. The fourth-order valence-electron chi connectivity index (χ4n) is 6.97. The maximum atomic E-state index is 12.8. The second kappa shape index (κ2) is 55.1. The maximum Gasteiger partial charge on any atom is 0.306 e. The van der Waals surface area contributed by atoms with E-state index < -0.39 is 6.10 Å². The molecule has 0 aliphatic heterocycles. The first-order valence-corrected chi connectivity index (χ1v) is 27.3. The molecular weight excluding hydrogens is 841 g/mol. The van der Waals surface area contributed by atoms with E-state index in [1.807, 2.05) is 0 Å². The number of rotatable bonds is 47. The van der Waals surface area contributed by atoms with Gasteiger partial charge >= 0.3 is 17.9 Å². The molecule has 0 saturated carbocycles. The van der Waals surface area contributed by atoms with E-state index in [1.165, 1.54) is 32.1 Å².